The molecule has 1 aliphatic heterocycles. The highest BCUT2D eigenvalue weighted by Gasteiger charge is 2.25. The van der Waals surface area contributed by atoms with Crippen LogP contribution in [0.15, 0.2) is 72.8 Å². The largest absolute Gasteiger partial charge is 0.478 e. The fourth-order valence-corrected chi connectivity index (χ4v) is 4.17. The molecule has 152 valence electrons. The van der Waals surface area contributed by atoms with E-state index in [1.807, 2.05) is 79.7 Å². The zero-order valence-corrected chi connectivity index (χ0v) is 17.3. The van der Waals surface area contributed by atoms with Crippen LogP contribution in [0.2, 0.25) is 0 Å². The first-order valence-electron chi connectivity index (χ1n) is 10.0. The third kappa shape index (κ3) is 3.04. The predicted octanol–water partition coefficient (Wildman–Crippen LogP) is 4.37. The van der Waals surface area contributed by atoms with Gasteiger partial charge in [-0.25, -0.2) is 4.79 Å². The minimum Gasteiger partial charge on any atom is -0.478 e. The molecule has 0 unspecified atom stereocenters. The molecule has 0 saturated heterocycles. The molecule has 4 nitrogen and oxygen atoms in total. The molecule has 0 radical (unpaired) electrons. The van der Waals surface area contributed by atoms with E-state index in [2.05, 4.69) is 6.58 Å². The first kappa shape index (κ1) is 18.9. The Kier molecular flexibility index (Phi) is 4.29. The highest BCUT2D eigenvalue weighted by Crippen LogP contribution is 2.41. The quantitative estimate of drug-likeness (QED) is 0.483. The highest BCUT2D eigenvalue weighted by molar-refractivity contribution is 6.00. The van der Waals surface area contributed by atoms with Crippen molar-refractivity contribution in [2.75, 3.05) is 19.0 Å². The van der Waals surface area contributed by atoms with Gasteiger partial charge < -0.3 is 14.7 Å². The van der Waals surface area contributed by atoms with Crippen molar-refractivity contribution in [1.82, 2.24) is 0 Å². The Morgan fingerprint density at radius 3 is 2.52 bits per heavy atom. The van der Waals surface area contributed by atoms with Crippen molar-refractivity contribution in [2.24, 2.45) is 0 Å². The minimum atomic E-state index is -0.954. The molecule has 4 aromatic carbocycles. The zero-order valence-electron chi connectivity index (χ0n) is 17.3. The summed E-state index contributed by atoms with van der Waals surface area (Å²) in [6.07, 6.45) is 0. The van der Waals surface area contributed by atoms with E-state index >= 15 is 0 Å². The molecule has 0 amide bonds. The zero-order chi connectivity index (χ0) is 21.7. The van der Waals surface area contributed by atoms with Crippen molar-refractivity contribution < 1.29 is 14.6 Å². The predicted molar refractivity (Wildman–Crippen MR) is 125 cm³/mol. The molecular formula is C27H21NO3. The summed E-state index contributed by atoms with van der Waals surface area (Å²) in [5.41, 5.74) is 3.68. The number of hydrogen-bond acceptors (Lipinski definition) is 3. The summed E-state index contributed by atoms with van der Waals surface area (Å²) in [6, 6.07) is 23.2. The van der Waals surface area contributed by atoms with Gasteiger partial charge in [0.05, 0.1) is 5.56 Å². The molecule has 1 N–H and O–H groups in total. The van der Waals surface area contributed by atoms with Crippen molar-refractivity contribution in [3.63, 3.8) is 0 Å². The van der Waals surface area contributed by atoms with Crippen LogP contribution in [0.3, 0.4) is 0 Å². The third-order valence-corrected chi connectivity index (χ3v) is 5.69. The molecule has 31 heavy (non-hydrogen) atoms. The number of carbonyl (C=O) groups is 1. The number of nitrogens with zero attached hydrogens (tertiary/aromatic N) is 1. The van der Waals surface area contributed by atoms with Crippen molar-refractivity contribution in [2.45, 2.75) is 0 Å². The Hall–Kier alpha value is -4.05. The molecular weight excluding hydrogens is 386 g/mol. The normalized spacial score (nSPS) is 12.1. The summed E-state index contributed by atoms with van der Waals surface area (Å²) < 4.78 is 6.46. The SMILES string of the molecule is C=c1ccc2c3c(ccc2c1)=C(c1ccccc1C(=O)O)c1ccc(N(C)C)cc1O3. The van der Waals surface area contributed by atoms with Gasteiger partial charge in [-0.2, -0.15) is 0 Å². The van der Waals surface area contributed by atoms with Gasteiger partial charge in [-0.1, -0.05) is 43.0 Å². The van der Waals surface area contributed by atoms with E-state index < -0.39 is 5.97 Å². The molecule has 0 bridgehead atoms. The van der Waals surface area contributed by atoms with E-state index in [9.17, 15) is 9.90 Å². The van der Waals surface area contributed by atoms with Gasteiger partial charge in [-0.05, 0) is 46.5 Å². The molecule has 0 spiro atoms. The van der Waals surface area contributed by atoms with Crippen LogP contribution < -0.4 is 20.1 Å². The molecule has 0 aromatic heterocycles. The van der Waals surface area contributed by atoms with Gasteiger partial charge in [-0.3, -0.25) is 0 Å². The number of fused-ring (bicyclic) bond motifs is 4. The van der Waals surface area contributed by atoms with Gasteiger partial charge in [0.25, 0.3) is 0 Å². The van der Waals surface area contributed by atoms with E-state index in [4.69, 9.17) is 4.74 Å². The molecule has 5 rings (SSSR count). The van der Waals surface area contributed by atoms with Crippen LogP contribution in [-0.2, 0) is 0 Å². The average Bonchev–Trinajstić information content (AvgIpc) is 2.76. The van der Waals surface area contributed by atoms with E-state index in [0.717, 1.165) is 43.8 Å². The van der Waals surface area contributed by atoms with Crippen LogP contribution >= 0.6 is 0 Å². The van der Waals surface area contributed by atoms with Gasteiger partial charge in [-0.15, -0.1) is 0 Å². The lowest BCUT2D eigenvalue weighted by Crippen LogP contribution is -2.19. The number of carboxylic acid groups (broad SMARTS) is 1. The topological polar surface area (TPSA) is 49.8 Å². The van der Waals surface area contributed by atoms with Crippen LogP contribution in [0.4, 0.5) is 5.69 Å². The maximum absolute atomic E-state index is 12.0. The lowest BCUT2D eigenvalue weighted by molar-refractivity contribution is 0.0696. The Bertz CT molecular complexity index is 1480. The van der Waals surface area contributed by atoms with Crippen molar-refractivity contribution in [3.8, 4) is 11.5 Å². The lowest BCUT2D eigenvalue weighted by atomic mass is 9.88. The fraction of sp³-hybridized carbons (Fsp3) is 0.0741. The third-order valence-electron chi connectivity index (χ3n) is 5.69. The van der Waals surface area contributed by atoms with Crippen molar-refractivity contribution >= 4 is 34.6 Å². The van der Waals surface area contributed by atoms with Crippen LogP contribution in [0.1, 0.15) is 21.5 Å². The standard InChI is InChI=1S/C27H21NO3/c1-16-8-11-19-17(14-16)9-12-23-25(20-6-4-5-7-21(20)27(29)30)22-13-10-18(28(2)3)15-24(22)31-26(19)23/h4-15H,1H2,2-3H3,(H,29,30). The molecule has 0 aliphatic carbocycles. The maximum atomic E-state index is 12.0. The van der Waals surface area contributed by atoms with Gasteiger partial charge in [0.2, 0.25) is 0 Å². The number of hydrogen-bond donors (Lipinski definition) is 1. The van der Waals surface area contributed by atoms with Gasteiger partial charge >= 0.3 is 5.97 Å². The number of carboxylic acids is 1. The second-order valence-electron chi connectivity index (χ2n) is 7.90. The van der Waals surface area contributed by atoms with Gasteiger partial charge in [0.1, 0.15) is 11.5 Å². The first-order chi connectivity index (χ1) is 14.9. The van der Waals surface area contributed by atoms with E-state index in [-0.39, 0.29) is 5.56 Å². The Labute approximate surface area is 179 Å². The average molecular weight is 407 g/mol. The Morgan fingerprint density at radius 1 is 0.935 bits per heavy atom. The van der Waals surface area contributed by atoms with Gasteiger partial charge in [0, 0.05) is 47.6 Å². The van der Waals surface area contributed by atoms with Crippen molar-refractivity contribution in [3.05, 3.63) is 99.9 Å². The van der Waals surface area contributed by atoms with E-state index in [1.165, 1.54) is 0 Å². The number of anilines is 1. The first-order valence-corrected chi connectivity index (χ1v) is 10.0. The van der Waals surface area contributed by atoms with Crippen LogP contribution in [0.5, 0.6) is 11.5 Å². The molecule has 0 atom stereocenters. The summed E-state index contributed by atoms with van der Waals surface area (Å²) in [7, 11) is 3.96. The maximum Gasteiger partial charge on any atom is 0.336 e. The Balaban J connectivity index is 1.94. The smallest absolute Gasteiger partial charge is 0.336 e. The molecule has 4 heteroatoms. The Morgan fingerprint density at radius 2 is 1.74 bits per heavy atom. The second-order valence-corrected chi connectivity index (χ2v) is 7.90. The lowest BCUT2D eigenvalue weighted by Gasteiger charge is -2.25. The van der Waals surface area contributed by atoms with Crippen LogP contribution in [0, 0.1) is 0 Å². The summed E-state index contributed by atoms with van der Waals surface area (Å²) in [6.45, 7) is 4.03. The summed E-state index contributed by atoms with van der Waals surface area (Å²) >= 11 is 0. The van der Waals surface area contributed by atoms with Crippen LogP contribution in [-0.4, -0.2) is 25.2 Å². The monoisotopic (exact) mass is 407 g/mol. The molecule has 0 fully saturated rings. The van der Waals surface area contributed by atoms with Crippen molar-refractivity contribution in [1.29, 1.82) is 0 Å². The number of benzene rings is 4. The van der Waals surface area contributed by atoms with Crippen LogP contribution in [0.25, 0.3) is 22.9 Å². The fourth-order valence-electron chi connectivity index (χ4n) is 4.17. The highest BCUT2D eigenvalue weighted by atomic mass is 16.5. The number of aromatic carboxylic acids is 1. The summed E-state index contributed by atoms with van der Waals surface area (Å²) in [5.74, 6) is 0.487. The molecule has 1 aliphatic rings. The summed E-state index contributed by atoms with van der Waals surface area (Å²) in [5, 5.41) is 13.7. The number of ether oxygens (including phenoxy) is 1. The van der Waals surface area contributed by atoms with E-state index in [1.54, 1.807) is 12.1 Å². The van der Waals surface area contributed by atoms with Gasteiger partial charge in [0.15, 0.2) is 0 Å². The summed E-state index contributed by atoms with van der Waals surface area (Å²) in [4.78, 5) is 14.0. The second kappa shape index (κ2) is 7.03. The minimum absolute atomic E-state index is 0.265. The molecule has 1 heterocycles. The molecule has 0 saturated carbocycles. The molecule has 4 aromatic rings. The number of rotatable bonds is 3. The van der Waals surface area contributed by atoms with E-state index in [0.29, 0.717) is 11.3 Å².